The van der Waals surface area contributed by atoms with E-state index < -0.39 is 0 Å². The average Bonchev–Trinajstić information content (AvgIpc) is 3.04. The minimum absolute atomic E-state index is 0.158. The first kappa shape index (κ1) is 16.4. The number of carbonyl (C=O) groups excluding carboxylic acids is 1. The van der Waals surface area contributed by atoms with Crippen LogP contribution in [0.25, 0.3) is 0 Å². The van der Waals surface area contributed by atoms with Gasteiger partial charge in [-0.2, -0.15) is 0 Å². The van der Waals surface area contributed by atoms with Gasteiger partial charge in [-0.15, -0.1) is 0 Å². The molecule has 0 bridgehead atoms. The Morgan fingerprint density at radius 3 is 2.79 bits per heavy atom. The predicted octanol–water partition coefficient (Wildman–Crippen LogP) is 3.01. The molecule has 124 valence electrons. The average molecular weight is 364 g/mol. The van der Waals surface area contributed by atoms with Crippen LogP contribution in [0.4, 0.5) is 5.69 Å². The topological polar surface area (TPSA) is 71.6 Å². The molecule has 0 unspecified atom stereocenters. The molecule has 0 radical (unpaired) electrons. The lowest BCUT2D eigenvalue weighted by Gasteiger charge is -2.14. The van der Waals surface area contributed by atoms with Crippen molar-refractivity contribution in [1.29, 1.82) is 0 Å². The van der Waals surface area contributed by atoms with E-state index in [0.29, 0.717) is 22.1 Å². The standard InChI is InChI=1S/C16H14ClN3O3S/c1-9-11(17)3-2-4-12(9)18-16(24)20-19-15(21)10-5-6-13-14(7-10)23-8-22-13/h2-7H,8H2,1H3,(H,19,21)(H2,18,20,24). The summed E-state index contributed by atoms with van der Waals surface area (Å²) in [5.41, 5.74) is 7.22. The molecule has 0 saturated carbocycles. The van der Waals surface area contributed by atoms with Crippen molar-refractivity contribution >= 4 is 40.5 Å². The molecule has 2 aromatic rings. The third-order valence-electron chi connectivity index (χ3n) is 3.44. The van der Waals surface area contributed by atoms with Crippen LogP contribution in [-0.4, -0.2) is 17.8 Å². The zero-order chi connectivity index (χ0) is 17.1. The summed E-state index contributed by atoms with van der Waals surface area (Å²) in [4.78, 5) is 12.1. The molecule has 0 saturated heterocycles. The molecule has 2 aromatic carbocycles. The number of ether oxygens (including phenoxy) is 2. The zero-order valence-electron chi connectivity index (χ0n) is 12.7. The van der Waals surface area contributed by atoms with Crippen LogP contribution in [-0.2, 0) is 0 Å². The van der Waals surface area contributed by atoms with E-state index in [1.54, 1.807) is 24.3 Å². The summed E-state index contributed by atoms with van der Waals surface area (Å²) in [5.74, 6) is 0.811. The molecule has 0 spiro atoms. The minimum atomic E-state index is -0.347. The lowest BCUT2D eigenvalue weighted by atomic mass is 10.2. The van der Waals surface area contributed by atoms with Crippen LogP contribution in [0.1, 0.15) is 15.9 Å². The summed E-state index contributed by atoms with van der Waals surface area (Å²) in [5, 5.41) is 3.85. The number of halogens is 1. The highest BCUT2D eigenvalue weighted by molar-refractivity contribution is 7.80. The van der Waals surface area contributed by atoms with E-state index in [1.807, 2.05) is 19.1 Å². The smallest absolute Gasteiger partial charge is 0.269 e. The molecule has 0 atom stereocenters. The van der Waals surface area contributed by atoms with Crippen molar-refractivity contribution in [3.8, 4) is 11.5 Å². The van der Waals surface area contributed by atoms with Crippen LogP contribution in [0.15, 0.2) is 36.4 Å². The molecule has 1 heterocycles. The molecule has 1 amide bonds. The van der Waals surface area contributed by atoms with Gasteiger partial charge in [-0.25, -0.2) is 0 Å². The van der Waals surface area contributed by atoms with Gasteiger partial charge in [0.1, 0.15) is 0 Å². The zero-order valence-corrected chi connectivity index (χ0v) is 14.3. The normalized spacial score (nSPS) is 11.8. The Balaban J connectivity index is 1.58. The van der Waals surface area contributed by atoms with Crippen molar-refractivity contribution in [3.05, 3.63) is 52.5 Å². The van der Waals surface area contributed by atoms with E-state index in [-0.39, 0.29) is 17.8 Å². The lowest BCUT2D eigenvalue weighted by Crippen LogP contribution is -2.43. The molecule has 24 heavy (non-hydrogen) atoms. The number of nitrogens with one attached hydrogen (secondary N) is 3. The van der Waals surface area contributed by atoms with Crippen molar-refractivity contribution < 1.29 is 14.3 Å². The predicted molar refractivity (Wildman–Crippen MR) is 95.6 cm³/mol. The third-order valence-corrected chi connectivity index (χ3v) is 4.05. The van der Waals surface area contributed by atoms with Gasteiger partial charge >= 0.3 is 0 Å². The summed E-state index contributed by atoms with van der Waals surface area (Å²) in [6.07, 6.45) is 0. The number of hydrogen-bond donors (Lipinski definition) is 3. The minimum Gasteiger partial charge on any atom is -0.454 e. The molecule has 0 fully saturated rings. The number of fused-ring (bicyclic) bond motifs is 1. The number of anilines is 1. The van der Waals surface area contributed by atoms with E-state index in [9.17, 15) is 4.79 Å². The Morgan fingerprint density at radius 2 is 1.96 bits per heavy atom. The Kier molecular flexibility index (Phi) is 4.73. The third kappa shape index (κ3) is 3.52. The molecule has 0 aliphatic carbocycles. The van der Waals surface area contributed by atoms with E-state index in [0.717, 1.165) is 11.3 Å². The van der Waals surface area contributed by atoms with Crippen molar-refractivity contribution in [2.24, 2.45) is 0 Å². The SMILES string of the molecule is Cc1c(Cl)cccc1NC(=S)NNC(=O)c1ccc2c(c1)OCO2. The Morgan fingerprint density at radius 1 is 1.17 bits per heavy atom. The maximum Gasteiger partial charge on any atom is 0.269 e. The lowest BCUT2D eigenvalue weighted by molar-refractivity contribution is 0.0943. The monoisotopic (exact) mass is 363 g/mol. The number of carbonyl (C=O) groups is 1. The van der Waals surface area contributed by atoms with Crippen molar-refractivity contribution in [2.45, 2.75) is 6.92 Å². The first-order chi connectivity index (χ1) is 11.5. The summed E-state index contributed by atoms with van der Waals surface area (Å²) >= 11 is 11.2. The fraction of sp³-hybridized carbons (Fsp3) is 0.125. The van der Waals surface area contributed by atoms with Crippen molar-refractivity contribution in [1.82, 2.24) is 10.9 Å². The van der Waals surface area contributed by atoms with Crippen LogP contribution < -0.4 is 25.6 Å². The van der Waals surface area contributed by atoms with Gasteiger partial charge in [0.2, 0.25) is 6.79 Å². The van der Waals surface area contributed by atoms with Gasteiger partial charge in [0.25, 0.3) is 5.91 Å². The van der Waals surface area contributed by atoms with E-state index in [4.69, 9.17) is 33.3 Å². The van der Waals surface area contributed by atoms with Crippen LogP contribution in [0, 0.1) is 6.92 Å². The maximum atomic E-state index is 12.1. The number of rotatable bonds is 2. The van der Waals surface area contributed by atoms with Crippen LogP contribution in [0.3, 0.4) is 0 Å². The summed E-state index contributed by atoms with van der Waals surface area (Å²) in [7, 11) is 0. The maximum absolute atomic E-state index is 12.1. The van der Waals surface area contributed by atoms with Crippen LogP contribution in [0.5, 0.6) is 11.5 Å². The highest BCUT2D eigenvalue weighted by atomic mass is 35.5. The van der Waals surface area contributed by atoms with E-state index >= 15 is 0 Å². The molecule has 1 aliphatic rings. The largest absolute Gasteiger partial charge is 0.454 e. The first-order valence-corrected chi connectivity index (χ1v) is 7.85. The quantitative estimate of drug-likeness (QED) is 0.563. The Hall–Kier alpha value is -2.51. The van der Waals surface area contributed by atoms with Gasteiger partial charge in [0, 0.05) is 16.3 Å². The van der Waals surface area contributed by atoms with E-state index in [1.165, 1.54) is 0 Å². The summed E-state index contributed by atoms with van der Waals surface area (Å²) < 4.78 is 10.5. The summed E-state index contributed by atoms with van der Waals surface area (Å²) in [6, 6.07) is 10.4. The Labute approximate surface area is 149 Å². The molecule has 3 N–H and O–H groups in total. The second-order valence-electron chi connectivity index (χ2n) is 5.01. The van der Waals surface area contributed by atoms with Gasteiger partial charge in [0.05, 0.1) is 0 Å². The second kappa shape index (κ2) is 6.94. The number of hydrogen-bond acceptors (Lipinski definition) is 4. The Bertz CT molecular complexity index is 813. The fourth-order valence-electron chi connectivity index (χ4n) is 2.12. The molecule has 6 nitrogen and oxygen atoms in total. The number of thiocarbonyl (C=S) groups is 1. The van der Waals surface area contributed by atoms with Gasteiger partial charge in [0.15, 0.2) is 16.6 Å². The molecular formula is C16H14ClN3O3S. The second-order valence-corrected chi connectivity index (χ2v) is 5.83. The van der Waals surface area contributed by atoms with Gasteiger partial charge in [-0.05, 0) is 55.0 Å². The molecule has 0 aromatic heterocycles. The van der Waals surface area contributed by atoms with Crippen LogP contribution in [0.2, 0.25) is 5.02 Å². The molecule has 3 rings (SSSR count). The highest BCUT2D eigenvalue weighted by Gasteiger charge is 2.16. The van der Waals surface area contributed by atoms with Crippen molar-refractivity contribution in [2.75, 3.05) is 12.1 Å². The van der Waals surface area contributed by atoms with Crippen molar-refractivity contribution in [3.63, 3.8) is 0 Å². The number of amides is 1. The number of hydrazine groups is 1. The van der Waals surface area contributed by atoms with Gasteiger partial charge in [-0.1, -0.05) is 17.7 Å². The molecule has 8 heteroatoms. The molecular weight excluding hydrogens is 350 g/mol. The van der Waals surface area contributed by atoms with E-state index in [2.05, 4.69) is 16.2 Å². The fourth-order valence-corrected chi connectivity index (χ4v) is 2.46. The highest BCUT2D eigenvalue weighted by Crippen LogP contribution is 2.32. The molecule has 1 aliphatic heterocycles. The van der Waals surface area contributed by atoms with Gasteiger partial charge in [-0.3, -0.25) is 15.6 Å². The summed E-state index contributed by atoms with van der Waals surface area (Å²) in [6.45, 7) is 2.03. The van der Waals surface area contributed by atoms with Crippen LogP contribution >= 0.6 is 23.8 Å². The first-order valence-electron chi connectivity index (χ1n) is 7.06. The number of benzene rings is 2. The van der Waals surface area contributed by atoms with Gasteiger partial charge < -0.3 is 14.8 Å².